The number of nitrogens with two attached hydrogens (primary N) is 1. The number of hydrogen-bond acceptors (Lipinski definition) is 3. The molecule has 1 heterocycles. The number of nitrogens with zero attached hydrogens (tertiary/aromatic N) is 2. The van der Waals surface area contributed by atoms with Gasteiger partial charge in [0.15, 0.2) is 0 Å². The lowest BCUT2D eigenvalue weighted by Crippen LogP contribution is -2.26. The molecule has 3 heteroatoms. The first-order valence-electron chi connectivity index (χ1n) is 4.41. The minimum absolute atomic E-state index is 0.734. The molecule has 70 valence electrons. The molecule has 0 radical (unpaired) electrons. The molecule has 2 rings (SSSR count). The summed E-state index contributed by atoms with van der Waals surface area (Å²) in [6, 6.07) is 5.64. The van der Waals surface area contributed by atoms with Crippen LogP contribution in [-0.2, 0) is 0 Å². The quantitative estimate of drug-likeness (QED) is 0.592. The maximum Gasteiger partial charge on any atom is 0.0721 e. The lowest BCUT2D eigenvalue weighted by molar-refractivity contribution is 1.27. The third-order valence-corrected chi connectivity index (χ3v) is 2.06. The van der Waals surface area contributed by atoms with Crippen LogP contribution in [0.25, 0.3) is 5.70 Å². The highest BCUT2D eigenvalue weighted by Crippen LogP contribution is 1.96. The third kappa shape index (κ3) is 1.57. The van der Waals surface area contributed by atoms with E-state index in [1.807, 2.05) is 31.2 Å². The SMILES string of the molecule is CC1=c2cc(N)ccc2=N/C=C\C=N1. The molecule has 0 amide bonds. The molecule has 1 aromatic carbocycles. The van der Waals surface area contributed by atoms with E-state index in [1.54, 1.807) is 12.4 Å². The molecule has 0 saturated heterocycles. The molecule has 1 aromatic rings. The van der Waals surface area contributed by atoms with E-state index < -0.39 is 0 Å². The molecule has 14 heavy (non-hydrogen) atoms. The van der Waals surface area contributed by atoms with Crippen molar-refractivity contribution in [3.63, 3.8) is 0 Å². The van der Waals surface area contributed by atoms with Crippen LogP contribution in [0.2, 0.25) is 0 Å². The maximum atomic E-state index is 5.71. The smallest absolute Gasteiger partial charge is 0.0721 e. The van der Waals surface area contributed by atoms with Gasteiger partial charge in [-0.25, -0.2) is 0 Å². The zero-order valence-corrected chi connectivity index (χ0v) is 7.94. The summed E-state index contributed by atoms with van der Waals surface area (Å²) < 4.78 is 0. The molecule has 1 aliphatic rings. The van der Waals surface area contributed by atoms with Crippen molar-refractivity contribution in [1.82, 2.24) is 0 Å². The fraction of sp³-hybridized carbons (Fsp3) is 0.0909. The molecule has 3 nitrogen and oxygen atoms in total. The second-order valence-electron chi connectivity index (χ2n) is 3.11. The molecule has 0 atom stereocenters. The largest absolute Gasteiger partial charge is 0.399 e. The predicted molar refractivity (Wildman–Crippen MR) is 58.3 cm³/mol. The van der Waals surface area contributed by atoms with E-state index in [4.69, 9.17) is 5.73 Å². The van der Waals surface area contributed by atoms with Gasteiger partial charge in [0.2, 0.25) is 0 Å². The predicted octanol–water partition coefficient (Wildman–Crippen LogP) is 0.615. The molecule has 0 aromatic heterocycles. The van der Waals surface area contributed by atoms with Gasteiger partial charge in [-0.05, 0) is 31.2 Å². The molecule has 0 unspecified atom stereocenters. The molecule has 1 aliphatic heterocycles. The molecule has 0 spiro atoms. The van der Waals surface area contributed by atoms with Crippen molar-refractivity contribution in [2.24, 2.45) is 9.98 Å². The summed E-state index contributed by atoms with van der Waals surface area (Å²) in [5.41, 5.74) is 7.37. The van der Waals surface area contributed by atoms with Crippen molar-refractivity contribution in [2.75, 3.05) is 5.73 Å². The summed E-state index contributed by atoms with van der Waals surface area (Å²) in [5, 5.41) is 1.90. The number of anilines is 1. The fourth-order valence-electron chi connectivity index (χ4n) is 1.34. The minimum atomic E-state index is 0.734. The van der Waals surface area contributed by atoms with Crippen LogP contribution < -0.4 is 16.3 Å². The summed E-state index contributed by atoms with van der Waals surface area (Å²) >= 11 is 0. The Labute approximate surface area is 82.0 Å². The first-order valence-corrected chi connectivity index (χ1v) is 4.41. The van der Waals surface area contributed by atoms with E-state index in [0.29, 0.717) is 0 Å². The van der Waals surface area contributed by atoms with Crippen LogP contribution in [-0.4, -0.2) is 6.21 Å². The number of fused-ring (bicyclic) bond motifs is 1. The van der Waals surface area contributed by atoms with Crippen LogP contribution in [0.1, 0.15) is 6.92 Å². The topological polar surface area (TPSA) is 50.7 Å². The van der Waals surface area contributed by atoms with Crippen molar-refractivity contribution in [1.29, 1.82) is 0 Å². The van der Waals surface area contributed by atoms with Gasteiger partial charge in [0.25, 0.3) is 0 Å². The van der Waals surface area contributed by atoms with Crippen LogP contribution in [0.3, 0.4) is 0 Å². The summed E-state index contributed by atoms with van der Waals surface area (Å²) in [4.78, 5) is 8.55. The number of rotatable bonds is 0. The zero-order chi connectivity index (χ0) is 9.97. The number of nitrogen functional groups attached to an aromatic ring is 1. The van der Waals surface area contributed by atoms with Gasteiger partial charge in [0.1, 0.15) is 0 Å². The monoisotopic (exact) mass is 185 g/mol. The van der Waals surface area contributed by atoms with Gasteiger partial charge in [-0.1, -0.05) is 0 Å². The van der Waals surface area contributed by atoms with Crippen LogP contribution in [0.5, 0.6) is 0 Å². The van der Waals surface area contributed by atoms with E-state index >= 15 is 0 Å². The average molecular weight is 185 g/mol. The van der Waals surface area contributed by atoms with Crippen LogP contribution in [0.4, 0.5) is 5.69 Å². The van der Waals surface area contributed by atoms with Crippen molar-refractivity contribution >= 4 is 17.6 Å². The number of allylic oxidation sites excluding steroid dienone is 1. The normalized spacial score (nSPS) is 16.5. The molecule has 0 aliphatic carbocycles. The van der Waals surface area contributed by atoms with Gasteiger partial charge in [-0.15, -0.1) is 0 Å². The molecule has 0 fully saturated rings. The van der Waals surface area contributed by atoms with Gasteiger partial charge in [0, 0.05) is 29.0 Å². The highest BCUT2D eigenvalue weighted by molar-refractivity contribution is 5.75. The summed E-state index contributed by atoms with van der Waals surface area (Å²) in [6.07, 6.45) is 5.26. The molecular weight excluding hydrogens is 174 g/mol. The lowest BCUT2D eigenvalue weighted by atomic mass is 10.2. The Hall–Kier alpha value is -1.90. The van der Waals surface area contributed by atoms with Gasteiger partial charge < -0.3 is 5.73 Å². The van der Waals surface area contributed by atoms with Crippen molar-refractivity contribution in [3.05, 3.63) is 41.1 Å². The number of hydrogen-bond donors (Lipinski definition) is 1. The Bertz CT molecular complexity index is 524. The van der Waals surface area contributed by atoms with E-state index in [-0.39, 0.29) is 0 Å². The minimum Gasteiger partial charge on any atom is -0.399 e. The van der Waals surface area contributed by atoms with Crippen LogP contribution in [0.15, 0.2) is 40.5 Å². The van der Waals surface area contributed by atoms with Crippen LogP contribution in [0, 0.1) is 0 Å². The molecule has 2 N–H and O–H groups in total. The Morgan fingerprint density at radius 2 is 2.14 bits per heavy atom. The number of benzene rings is 1. The van der Waals surface area contributed by atoms with Gasteiger partial charge >= 0.3 is 0 Å². The van der Waals surface area contributed by atoms with E-state index in [9.17, 15) is 0 Å². The zero-order valence-electron chi connectivity index (χ0n) is 7.94. The summed E-state index contributed by atoms with van der Waals surface area (Å²) in [7, 11) is 0. The van der Waals surface area contributed by atoms with E-state index in [0.717, 1.165) is 22.0 Å². The highest BCUT2D eigenvalue weighted by Gasteiger charge is 1.94. The number of aliphatic imine (C=N–C) groups is 1. The standard InChI is InChI=1S/C11H11N3/c1-8-10-7-9(12)3-4-11(10)14-6-2-5-13-8/h2-7H,12H2,1H3/b5-2?,6-2-,10-8?,13-5?,13-8?,14-6?,14-11?. The first-order chi connectivity index (χ1) is 6.77. The summed E-state index contributed by atoms with van der Waals surface area (Å²) in [6.45, 7) is 1.95. The van der Waals surface area contributed by atoms with Crippen molar-refractivity contribution < 1.29 is 0 Å². The Morgan fingerprint density at radius 1 is 1.29 bits per heavy atom. The first kappa shape index (κ1) is 8.69. The van der Waals surface area contributed by atoms with Gasteiger partial charge in [0.05, 0.1) is 5.36 Å². The van der Waals surface area contributed by atoms with Crippen molar-refractivity contribution in [3.8, 4) is 0 Å². The lowest BCUT2D eigenvalue weighted by Gasteiger charge is -1.97. The van der Waals surface area contributed by atoms with Crippen molar-refractivity contribution in [2.45, 2.75) is 6.92 Å². The second-order valence-corrected chi connectivity index (χ2v) is 3.11. The maximum absolute atomic E-state index is 5.71. The summed E-state index contributed by atoms with van der Waals surface area (Å²) in [5.74, 6) is 0. The highest BCUT2D eigenvalue weighted by atomic mass is 14.7. The Balaban J connectivity index is 2.89. The Morgan fingerprint density at radius 3 is 3.00 bits per heavy atom. The average Bonchev–Trinajstić information content (AvgIpc) is 2.16. The molecule has 0 bridgehead atoms. The molecular formula is C11H11N3. The third-order valence-electron chi connectivity index (χ3n) is 2.06. The Kier molecular flexibility index (Phi) is 2.14. The second kappa shape index (κ2) is 3.46. The van der Waals surface area contributed by atoms with Gasteiger partial charge in [-0.3, -0.25) is 9.98 Å². The van der Waals surface area contributed by atoms with E-state index in [1.165, 1.54) is 0 Å². The van der Waals surface area contributed by atoms with Crippen LogP contribution >= 0.6 is 0 Å². The van der Waals surface area contributed by atoms with E-state index in [2.05, 4.69) is 9.98 Å². The molecule has 0 saturated carbocycles. The van der Waals surface area contributed by atoms with Gasteiger partial charge in [-0.2, -0.15) is 0 Å². The fourth-order valence-corrected chi connectivity index (χ4v) is 1.34.